The predicted molar refractivity (Wildman–Crippen MR) is 250 cm³/mol. The monoisotopic (exact) mass is 905 g/mol. The quantitative estimate of drug-likeness (QED) is 0.0830. The highest BCUT2D eigenvalue weighted by molar-refractivity contribution is 6.00. The minimum absolute atomic E-state index is 0.0292. The number of amides is 2. The number of oxazole rings is 1. The molecule has 0 saturated carbocycles. The van der Waals surface area contributed by atoms with Gasteiger partial charge in [-0.3, -0.25) is 0 Å². The van der Waals surface area contributed by atoms with Crippen molar-refractivity contribution in [2.75, 3.05) is 39.9 Å². The lowest BCUT2D eigenvalue weighted by Gasteiger charge is -2.29. The summed E-state index contributed by atoms with van der Waals surface area (Å²) in [5.74, 6) is 0.532. The fraction of sp³-hybridized carbons (Fsp3) is 0.226. The Morgan fingerprint density at radius 3 is 1.75 bits per heavy atom. The number of nitrogens with zero attached hydrogens (tertiary/aromatic N) is 3. The number of aliphatic carboxylic acids is 1. The maximum absolute atomic E-state index is 12.6. The third kappa shape index (κ3) is 12.6. The average molecular weight is 906 g/mol. The molecule has 0 saturated heterocycles. The van der Waals surface area contributed by atoms with Gasteiger partial charge in [-0.15, -0.1) is 0 Å². The number of hydrogen-bond donors (Lipinski definition) is 2. The van der Waals surface area contributed by atoms with Gasteiger partial charge in [0.05, 0.1) is 43.6 Å². The maximum Gasteiger partial charge on any atom is 0.410 e. The summed E-state index contributed by atoms with van der Waals surface area (Å²) in [6.45, 7) is 3.43. The summed E-state index contributed by atoms with van der Waals surface area (Å²) < 4.78 is 27.5. The van der Waals surface area contributed by atoms with Gasteiger partial charge in [0.15, 0.2) is 0 Å². The van der Waals surface area contributed by atoms with Gasteiger partial charge in [0, 0.05) is 25.1 Å². The van der Waals surface area contributed by atoms with Crippen LogP contribution >= 0.6 is 0 Å². The number of ether oxygens (including phenoxy) is 4. The van der Waals surface area contributed by atoms with Crippen LogP contribution in [0.4, 0.5) is 9.59 Å². The molecule has 67 heavy (non-hydrogen) atoms. The van der Waals surface area contributed by atoms with Gasteiger partial charge in [-0.2, -0.15) is 0 Å². The molecule has 0 fully saturated rings. The SMILES string of the molecule is COC(=O)C1=C(c2cccc(O)c2)CCN(C(=O)OCc2ccccc2)C1.Cc1oc(-c2ccccc2)nc1CCOc1cccc(C2=C(C(=O)O)CN(C(=O)OCc3ccccc3)CC2)c1. The molecule has 3 heterocycles. The number of methoxy groups -OCH3 is 1. The van der Waals surface area contributed by atoms with Crippen molar-refractivity contribution in [3.8, 4) is 23.0 Å². The number of phenols is 1. The topological polar surface area (TPSA) is 178 Å². The van der Waals surface area contributed by atoms with Crippen LogP contribution in [0.3, 0.4) is 0 Å². The zero-order valence-electron chi connectivity index (χ0n) is 37.3. The van der Waals surface area contributed by atoms with E-state index in [-0.39, 0.29) is 37.6 Å². The Balaban J connectivity index is 0.000000215. The number of aryl methyl sites for hydroxylation is 1. The predicted octanol–water partition coefficient (Wildman–Crippen LogP) is 9.51. The van der Waals surface area contributed by atoms with E-state index in [0.29, 0.717) is 61.7 Å². The Morgan fingerprint density at radius 1 is 0.657 bits per heavy atom. The number of hydrogen-bond acceptors (Lipinski definition) is 11. The lowest BCUT2D eigenvalue weighted by atomic mass is 9.93. The second-order valence-electron chi connectivity index (χ2n) is 15.7. The summed E-state index contributed by atoms with van der Waals surface area (Å²) in [5, 5.41) is 19.7. The molecule has 2 N–H and O–H groups in total. The van der Waals surface area contributed by atoms with Crippen molar-refractivity contribution >= 4 is 35.3 Å². The number of carbonyl (C=O) groups excluding carboxylic acids is 3. The lowest BCUT2D eigenvalue weighted by Crippen LogP contribution is -2.39. The van der Waals surface area contributed by atoms with Crippen molar-refractivity contribution in [2.45, 2.75) is 39.4 Å². The molecule has 8 rings (SSSR count). The molecule has 0 atom stereocenters. The molecule has 1 aromatic heterocycles. The number of carboxylic acid groups (broad SMARTS) is 1. The molecule has 14 nitrogen and oxygen atoms in total. The fourth-order valence-electron chi connectivity index (χ4n) is 7.70. The summed E-state index contributed by atoms with van der Waals surface area (Å²) in [6, 6.07) is 42.6. The van der Waals surface area contributed by atoms with Crippen LogP contribution in [0.15, 0.2) is 155 Å². The average Bonchev–Trinajstić information content (AvgIpc) is 3.74. The molecule has 6 aromatic rings. The van der Waals surface area contributed by atoms with Crippen molar-refractivity contribution in [2.24, 2.45) is 0 Å². The first kappa shape index (κ1) is 46.9. The van der Waals surface area contributed by atoms with E-state index in [9.17, 15) is 29.4 Å². The van der Waals surface area contributed by atoms with Crippen LogP contribution in [-0.4, -0.2) is 89.0 Å². The molecule has 2 amide bonds. The van der Waals surface area contributed by atoms with Crippen molar-refractivity contribution < 1.29 is 52.8 Å². The normalized spacial score (nSPS) is 13.6. The van der Waals surface area contributed by atoms with Gasteiger partial charge >= 0.3 is 24.1 Å². The van der Waals surface area contributed by atoms with E-state index in [1.165, 1.54) is 16.9 Å². The van der Waals surface area contributed by atoms with Gasteiger partial charge in [0.1, 0.15) is 30.5 Å². The van der Waals surface area contributed by atoms with Gasteiger partial charge < -0.3 is 43.4 Å². The Morgan fingerprint density at radius 2 is 1.18 bits per heavy atom. The smallest absolute Gasteiger partial charge is 0.410 e. The largest absolute Gasteiger partial charge is 0.508 e. The van der Waals surface area contributed by atoms with Crippen molar-refractivity contribution in [3.63, 3.8) is 0 Å². The Bertz CT molecular complexity index is 2730. The summed E-state index contributed by atoms with van der Waals surface area (Å²) in [6.07, 6.45) is 0.419. The van der Waals surface area contributed by atoms with Gasteiger partial charge in [0.25, 0.3) is 0 Å². The highest BCUT2D eigenvalue weighted by atomic mass is 16.6. The van der Waals surface area contributed by atoms with Crippen LogP contribution in [0.25, 0.3) is 22.6 Å². The summed E-state index contributed by atoms with van der Waals surface area (Å²) >= 11 is 0. The van der Waals surface area contributed by atoms with Crippen molar-refractivity contribution in [1.82, 2.24) is 14.8 Å². The standard InChI is InChI=1S/C32H30N2O6.C21H21NO5/c1-22-29(33-30(40-22)24-11-6-3-7-12-24)16-18-38-26-14-8-13-25(19-26)27-15-17-34(20-28(27)31(35)36)32(37)39-21-23-9-4-2-5-10-23;1-26-20(24)19-13-22(21(25)27-14-15-6-3-2-4-7-15)11-10-18(19)16-8-5-9-17(23)12-16/h2-14,19H,15-18,20-21H2,1H3,(H,35,36);2-9,12,23H,10-11,13-14H2,1H3. The fourth-order valence-corrected chi connectivity index (χ4v) is 7.70. The molecule has 0 radical (unpaired) electrons. The third-order valence-corrected chi connectivity index (χ3v) is 11.2. The number of rotatable bonds is 13. The Kier molecular flexibility index (Phi) is 15.8. The molecular formula is C53H51N3O11. The first-order valence-electron chi connectivity index (χ1n) is 21.8. The van der Waals surface area contributed by atoms with Crippen LogP contribution in [-0.2, 0) is 43.4 Å². The number of phenolic OH excluding ortho intramolecular Hbond substituents is 1. The number of carboxylic acids is 1. The molecule has 0 aliphatic carbocycles. The summed E-state index contributed by atoms with van der Waals surface area (Å²) in [5.41, 5.74) is 7.04. The molecule has 0 bridgehead atoms. The number of aromatic hydroxyl groups is 1. The number of esters is 1. The first-order chi connectivity index (χ1) is 32.6. The van der Waals surface area contributed by atoms with E-state index in [2.05, 4.69) is 4.98 Å². The van der Waals surface area contributed by atoms with E-state index in [1.807, 2.05) is 128 Å². The highest BCUT2D eigenvalue weighted by Crippen LogP contribution is 2.32. The summed E-state index contributed by atoms with van der Waals surface area (Å²) in [4.78, 5) is 57.0. The maximum atomic E-state index is 12.6. The lowest BCUT2D eigenvalue weighted by molar-refractivity contribution is -0.136. The van der Waals surface area contributed by atoms with Crippen LogP contribution < -0.4 is 4.74 Å². The second kappa shape index (κ2) is 22.7. The molecule has 2 aliphatic heterocycles. The highest BCUT2D eigenvalue weighted by Gasteiger charge is 2.30. The number of benzene rings is 5. The third-order valence-electron chi connectivity index (χ3n) is 11.2. The molecule has 344 valence electrons. The van der Waals surface area contributed by atoms with Crippen LogP contribution in [0, 0.1) is 6.92 Å². The molecule has 14 heteroatoms. The zero-order chi connectivity index (χ0) is 47.1. The van der Waals surface area contributed by atoms with E-state index in [0.717, 1.165) is 44.8 Å². The second-order valence-corrected chi connectivity index (χ2v) is 15.7. The van der Waals surface area contributed by atoms with Crippen LogP contribution in [0.5, 0.6) is 11.5 Å². The van der Waals surface area contributed by atoms with Crippen LogP contribution in [0.2, 0.25) is 0 Å². The van der Waals surface area contributed by atoms with E-state index in [4.69, 9.17) is 23.4 Å². The van der Waals surface area contributed by atoms with E-state index >= 15 is 0 Å². The number of aromatic nitrogens is 1. The zero-order valence-corrected chi connectivity index (χ0v) is 37.3. The van der Waals surface area contributed by atoms with E-state index in [1.54, 1.807) is 18.2 Å². The number of carbonyl (C=O) groups is 4. The van der Waals surface area contributed by atoms with E-state index < -0.39 is 24.1 Å². The molecule has 0 spiro atoms. The van der Waals surface area contributed by atoms with Gasteiger partial charge in [-0.1, -0.05) is 103 Å². The van der Waals surface area contributed by atoms with Gasteiger partial charge in [-0.25, -0.2) is 24.2 Å². The molecular weight excluding hydrogens is 855 g/mol. The minimum Gasteiger partial charge on any atom is -0.508 e. The van der Waals surface area contributed by atoms with Crippen molar-refractivity contribution in [1.29, 1.82) is 0 Å². The molecule has 5 aromatic carbocycles. The minimum atomic E-state index is -1.06. The Hall–Kier alpha value is -8.13. The van der Waals surface area contributed by atoms with Crippen molar-refractivity contribution in [3.05, 3.63) is 184 Å². The Labute approximate surface area is 388 Å². The first-order valence-corrected chi connectivity index (χ1v) is 21.8. The van der Waals surface area contributed by atoms with Gasteiger partial charge in [-0.05, 0) is 89.6 Å². The summed E-state index contributed by atoms with van der Waals surface area (Å²) in [7, 11) is 1.31. The van der Waals surface area contributed by atoms with Gasteiger partial charge in [0.2, 0.25) is 5.89 Å². The molecule has 0 unspecified atom stereocenters. The molecule has 2 aliphatic rings. The van der Waals surface area contributed by atoms with Crippen LogP contribution in [0.1, 0.15) is 46.5 Å².